The van der Waals surface area contributed by atoms with Crippen molar-refractivity contribution >= 4 is 0 Å². The van der Waals surface area contributed by atoms with Gasteiger partial charge < -0.3 is 10.5 Å². The van der Waals surface area contributed by atoms with Crippen molar-refractivity contribution in [3.05, 3.63) is 29.6 Å². The molecular formula is C17H26FNO. The predicted molar refractivity (Wildman–Crippen MR) is 80.4 cm³/mol. The third-order valence-corrected chi connectivity index (χ3v) is 4.93. The van der Waals surface area contributed by atoms with Gasteiger partial charge in [-0.2, -0.15) is 0 Å². The Morgan fingerprint density at radius 2 is 1.85 bits per heavy atom. The molecule has 20 heavy (non-hydrogen) atoms. The Morgan fingerprint density at radius 3 is 2.40 bits per heavy atom. The van der Waals surface area contributed by atoms with E-state index in [-0.39, 0.29) is 11.2 Å². The molecular weight excluding hydrogens is 253 g/mol. The van der Waals surface area contributed by atoms with Gasteiger partial charge in [-0.1, -0.05) is 26.0 Å². The monoisotopic (exact) mass is 279 g/mol. The summed E-state index contributed by atoms with van der Waals surface area (Å²) in [4.78, 5) is 0. The minimum Gasteiger partial charge on any atom is -0.494 e. The van der Waals surface area contributed by atoms with E-state index in [2.05, 4.69) is 13.8 Å². The smallest absolute Gasteiger partial charge is 0.168 e. The lowest BCUT2D eigenvalue weighted by atomic mass is 9.63. The molecule has 0 spiro atoms. The fourth-order valence-corrected chi connectivity index (χ4v) is 3.16. The standard InChI is InChI=1S/C17H26FNO/c1-16(2)7-9-17(12-19,10-8-16)11-13-5-4-6-14(20-3)15(13)18/h4-6H,7-12,19H2,1-3H3. The highest BCUT2D eigenvalue weighted by molar-refractivity contribution is 5.32. The number of methoxy groups -OCH3 is 1. The summed E-state index contributed by atoms with van der Waals surface area (Å²) in [6.07, 6.45) is 5.19. The van der Waals surface area contributed by atoms with Crippen molar-refractivity contribution in [2.45, 2.75) is 46.0 Å². The van der Waals surface area contributed by atoms with Crippen LogP contribution in [0.2, 0.25) is 0 Å². The summed E-state index contributed by atoms with van der Waals surface area (Å²) in [7, 11) is 1.50. The molecule has 0 saturated heterocycles. The summed E-state index contributed by atoms with van der Waals surface area (Å²) in [5.74, 6) is 0.0958. The summed E-state index contributed by atoms with van der Waals surface area (Å²) >= 11 is 0. The molecule has 1 aliphatic carbocycles. The molecule has 0 atom stereocenters. The molecule has 3 heteroatoms. The molecule has 1 fully saturated rings. The topological polar surface area (TPSA) is 35.2 Å². The first-order valence-electron chi connectivity index (χ1n) is 7.43. The van der Waals surface area contributed by atoms with Crippen LogP contribution in [0.15, 0.2) is 18.2 Å². The van der Waals surface area contributed by atoms with E-state index < -0.39 is 0 Å². The second-order valence-electron chi connectivity index (χ2n) is 6.98. The third kappa shape index (κ3) is 3.14. The maximum absolute atomic E-state index is 14.3. The molecule has 2 N–H and O–H groups in total. The Balaban J connectivity index is 2.19. The number of rotatable bonds is 4. The highest BCUT2D eigenvalue weighted by Crippen LogP contribution is 2.46. The molecule has 1 aliphatic rings. The average molecular weight is 279 g/mol. The number of ether oxygens (including phenoxy) is 1. The highest BCUT2D eigenvalue weighted by Gasteiger charge is 2.38. The lowest BCUT2D eigenvalue weighted by Crippen LogP contribution is -2.39. The second kappa shape index (κ2) is 5.72. The van der Waals surface area contributed by atoms with E-state index in [1.807, 2.05) is 12.1 Å². The van der Waals surface area contributed by atoms with Gasteiger partial charge in [0.2, 0.25) is 0 Å². The number of benzene rings is 1. The molecule has 2 rings (SSSR count). The molecule has 2 nitrogen and oxygen atoms in total. The van der Waals surface area contributed by atoms with E-state index in [9.17, 15) is 4.39 Å². The van der Waals surface area contributed by atoms with Crippen molar-refractivity contribution in [1.29, 1.82) is 0 Å². The maximum atomic E-state index is 14.3. The summed E-state index contributed by atoms with van der Waals surface area (Å²) in [5, 5.41) is 0. The number of nitrogens with two attached hydrogens (primary N) is 1. The Bertz CT molecular complexity index is 460. The van der Waals surface area contributed by atoms with Crippen molar-refractivity contribution in [3.8, 4) is 5.75 Å². The van der Waals surface area contributed by atoms with Crippen LogP contribution in [0.3, 0.4) is 0 Å². The molecule has 0 heterocycles. The van der Waals surface area contributed by atoms with Crippen LogP contribution in [0, 0.1) is 16.6 Å². The summed E-state index contributed by atoms with van der Waals surface area (Å²) in [6.45, 7) is 5.23. The van der Waals surface area contributed by atoms with Crippen LogP contribution in [-0.4, -0.2) is 13.7 Å². The molecule has 0 amide bonds. The van der Waals surface area contributed by atoms with Crippen molar-refractivity contribution < 1.29 is 9.13 Å². The number of hydrogen-bond donors (Lipinski definition) is 1. The van der Waals surface area contributed by atoms with Crippen molar-refractivity contribution in [2.24, 2.45) is 16.6 Å². The fraction of sp³-hybridized carbons (Fsp3) is 0.647. The Hall–Kier alpha value is -1.09. The zero-order chi connectivity index (χ0) is 14.8. The quantitative estimate of drug-likeness (QED) is 0.906. The minimum atomic E-state index is -0.229. The molecule has 0 unspecified atom stereocenters. The molecule has 0 radical (unpaired) electrons. The molecule has 1 saturated carbocycles. The first kappa shape index (κ1) is 15.3. The van der Waals surface area contributed by atoms with E-state index in [1.54, 1.807) is 6.07 Å². The van der Waals surface area contributed by atoms with Crippen LogP contribution >= 0.6 is 0 Å². The molecule has 0 bridgehead atoms. The van der Waals surface area contributed by atoms with Crippen molar-refractivity contribution in [3.63, 3.8) is 0 Å². The van der Waals surface area contributed by atoms with Gasteiger partial charge in [0.05, 0.1) is 7.11 Å². The van der Waals surface area contributed by atoms with Gasteiger partial charge in [-0.3, -0.25) is 0 Å². The van der Waals surface area contributed by atoms with Gasteiger partial charge in [-0.25, -0.2) is 4.39 Å². The Morgan fingerprint density at radius 1 is 1.20 bits per heavy atom. The molecule has 112 valence electrons. The maximum Gasteiger partial charge on any atom is 0.168 e. The van der Waals surface area contributed by atoms with Crippen LogP contribution in [0.1, 0.15) is 45.1 Å². The van der Waals surface area contributed by atoms with E-state index >= 15 is 0 Å². The van der Waals surface area contributed by atoms with Crippen LogP contribution in [-0.2, 0) is 6.42 Å². The zero-order valence-electron chi connectivity index (χ0n) is 12.8. The largest absolute Gasteiger partial charge is 0.494 e. The van der Waals surface area contributed by atoms with E-state index in [4.69, 9.17) is 10.5 Å². The van der Waals surface area contributed by atoms with Crippen molar-refractivity contribution in [1.82, 2.24) is 0 Å². The van der Waals surface area contributed by atoms with E-state index in [0.29, 0.717) is 24.1 Å². The van der Waals surface area contributed by atoms with Gasteiger partial charge in [-0.15, -0.1) is 0 Å². The first-order chi connectivity index (χ1) is 9.41. The average Bonchev–Trinajstić information content (AvgIpc) is 2.44. The van der Waals surface area contributed by atoms with Gasteiger partial charge >= 0.3 is 0 Å². The van der Waals surface area contributed by atoms with Crippen LogP contribution < -0.4 is 10.5 Å². The van der Waals surface area contributed by atoms with Gasteiger partial charge in [-0.05, 0) is 61.1 Å². The van der Waals surface area contributed by atoms with Crippen molar-refractivity contribution in [2.75, 3.05) is 13.7 Å². The summed E-state index contributed by atoms with van der Waals surface area (Å²) in [6, 6.07) is 5.38. The summed E-state index contributed by atoms with van der Waals surface area (Å²) in [5.41, 5.74) is 7.21. The molecule has 1 aromatic carbocycles. The number of hydrogen-bond acceptors (Lipinski definition) is 2. The lowest BCUT2D eigenvalue weighted by Gasteiger charge is -2.43. The lowest BCUT2D eigenvalue weighted by molar-refractivity contribution is 0.107. The number of halogens is 1. The van der Waals surface area contributed by atoms with Crippen LogP contribution in [0.5, 0.6) is 5.75 Å². The predicted octanol–water partition coefficient (Wildman–Crippen LogP) is 3.92. The summed E-state index contributed by atoms with van der Waals surface area (Å²) < 4.78 is 19.4. The minimum absolute atomic E-state index is 0.0444. The van der Waals surface area contributed by atoms with Gasteiger partial charge in [0, 0.05) is 0 Å². The van der Waals surface area contributed by atoms with E-state index in [0.717, 1.165) is 31.2 Å². The van der Waals surface area contributed by atoms with Crippen LogP contribution in [0.25, 0.3) is 0 Å². The molecule has 0 aromatic heterocycles. The van der Waals surface area contributed by atoms with Gasteiger partial charge in [0.1, 0.15) is 0 Å². The second-order valence-corrected chi connectivity index (χ2v) is 6.98. The first-order valence-corrected chi connectivity index (χ1v) is 7.43. The SMILES string of the molecule is COc1cccc(CC2(CN)CCC(C)(C)CC2)c1F. The van der Waals surface area contributed by atoms with Crippen LogP contribution in [0.4, 0.5) is 4.39 Å². The Labute approximate surface area is 121 Å². The van der Waals surface area contributed by atoms with Gasteiger partial charge in [0.15, 0.2) is 11.6 Å². The molecule has 1 aromatic rings. The third-order valence-electron chi connectivity index (χ3n) is 4.93. The highest BCUT2D eigenvalue weighted by atomic mass is 19.1. The normalized spacial score (nSPS) is 20.6. The Kier molecular flexibility index (Phi) is 4.38. The molecule has 0 aliphatic heterocycles. The fourth-order valence-electron chi connectivity index (χ4n) is 3.16. The van der Waals surface area contributed by atoms with Gasteiger partial charge in [0.25, 0.3) is 0 Å². The zero-order valence-corrected chi connectivity index (χ0v) is 12.8. The van der Waals surface area contributed by atoms with E-state index in [1.165, 1.54) is 7.11 Å².